The van der Waals surface area contributed by atoms with Gasteiger partial charge in [-0.2, -0.15) is 0 Å². The van der Waals surface area contributed by atoms with Gasteiger partial charge in [0, 0.05) is 6.61 Å². The molecule has 17 heavy (non-hydrogen) atoms. The number of hydrogen-bond acceptors (Lipinski definition) is 3. The molecule has 0 fully saturated rings. The second-order valence-corrected chi connectivity index (χ2v) is 3.77. The predicted octanol–water partition coefficient (Wildman–Crippen LogP) is 1.26. The molecule has 0 bridgehead atoms. The quantitative estimate of drug-likeness (QED) is 0.702. The fourth-order valence-electron chi connectivity index (χ4n) is 1.46. The molecule has 0 aliphatic carbocycles. The number of benzene rings is 1. The van der Waals surface area contributed by atoms with Gasteiger partial charge in [-0.15, -0.1) is 0 Å². The Morgan fingerprint density at radius 2 is 2.12 bits per heavy atom. The van der Waals surface area contributed by atoms with Gasteiger partial charge in [0.25, 0.3) is 0 Å². The molecule has 2 N–H and O–H groups in total. The van der Waals surface area contributed by atoms with Crippen molar-refractivity contribution in [3.05, 3.63) is 35.9 Å². The monoisotopic (exact) mass is 237 g/mol. The molecule has 1 rings (SSSR count). The normalized spacial score (nSPS) is 12.1. The Bertz CT molecular complexity index is 327. The van der Waals surface area contributed by atoms with E-state index in [1.165, 1.54) is 0 Å². The Labute approximate surface area is 102 Å². The Hall–Kier alpha value is -1.39. The molecule has 0 aliphatic heterocycles. The zero-order valence-electron chi connectivity index (χ0n) is 10.1. The van der Waals surface area contributed by atoms with Crippen LogP contribution in [-0.2, 0) is 9.53 Å². The summed E-state index contributed by atoms with van der Waals surface area (Å²) < 4.78 is 5.13. The van der Waals surface area contributed by atoms with Gasteiger partial charge in [0.2, 0.25) is 5.91 Å². The van der Waals surface area contributed by atoms with E-state index in [1.54, 1.807) is 0 Å². The van der Waals surface area contributed by atoms with Crippen LogP contribution in [0.25, 0.3) is 0 Å². The van der Waals surface area contributed by atoms with E-state index in [0.717, 1.165) is 12.0 Å². The van der Waals surface area contributed by atoms with E-state index in [4.69, 9.17) is 4.74 Å². The van der Waals surface area contributed by atoms with Gasteiger partial charge in [0.05, 0.1) is 12.6 Å². The highest BCUT2D eigenvalue weighted by molar-refractivity contribution is 5.77. The lowest BCUT2D eigenvalue weighted by Crippen LogP contribution is -2.33. The average molecular weight is 237 g/mol. The van der Waals surface area contributed by atoms with Crippen LogP contribution in [0.4, 0.5) is 0 Å². The van der Waals surface area contributed by atoms with Crippen LogP contribution in [0.1, 0.15) is 24.9 Å². The van der Waals surface area contributed by atoms with Crippen molar-refractivity contribution >= 4 is 5.91 Å². The fraction of sp³-hybridized carbons (Fsp3) is 0.462. The number of amides is 1. The topological polar surface area (TPSA) is 58.6 Å². The number of hydrogen-bond donors (Lipinski definition) is 2. The molecule has 0 saturated carbocycles. The number of ether oxygens (including phenoxy) is 1. The number of aliphatic hydroxyl groups is 1. The summed E-state index contributed by atoms with van der Waals surface area (Å²) in [6.45, 7) is 2.47. The van der Waals surface area contributed by atoms with Crippen LogP contribution in [0, 0.1) is 0 Å². The average Bonchev–Trinajstić information content (AvgIpc) is 2.37. The molecule has 0 aromatic heterocycles. The summed E-state index contributed by atoms with van der Waals surface area (Å²) in [5.41, 5.74) is 0.888. The van der Waals surface area contributed by atoms with Gasteiger partial charge in [-0.05, 0) is 12.0 Å². The number of carbonyl (C=O) groups is 1. The highest BCUT2D eigenvalue weighted by atomic mass is 16.5. The molecule has 0 spiro atoms. The molecule has 0 aliphatic rings. The Morgan fingerprint density at radius 1 is 1.41 bits per heavy atom. The van der Waals surface area contributed by atoms with E-state index in [1.807, 2.05) is 37.3 Å². The maximum atomic E-state index is 11.5. The molecule has 4 nitrogen and oxygen atoms in total. The van der Waals surface area contributed by atoms with Gasteiger partial charge in [-0.3, -0.25) is 4.79 Å². The van der Waals surface area contributed by atoms with E-state index in [2.05, 4.69) is 5.32 Å². The summed E-state index contributed by atoms with van der Waals surface area (Å²) in [5.74, 6) is -0.207. The lowest BCUT2D eigenvalue weighted by atomic mass is 10.1. The van der Waals surface area contributed by atoms with E-state index in [0.29, 0.717) is 6.61 Å². The third kappa shape index (κ3) is 4.97. The molecule has 1 atom stereocenters. The van der Waals surface area contributed by atoms with Gasteiger partial charge in [0.15, 0.2) is 0 Å². The number of nitrogens with one attached hydrogen (secondary N) is 1. The highest BCUT2D eigenvalue weighted by Crippen LogP contribution is 2.11. The summed E-state index contributed by atoms with van der Waals surface area (Å²) in [6.07, 6.45) is 0.884. The minimum atomic E-state index is -0.367. The molecule has 0 unspecified atom stereocenters. The van der Waals surface area contributed by atoms with Crippen molar-refractivity contribution in [3.8, 4) is 0 Å². The smallest absolute Gasteiger partial charge is 0.246 e. The van der Waals surface area contributed by atoms with Crippen molar-refractivity contribution in [1.82, 2.24) is 5.32 Å². The lowest BCUT2D eigenvalue weighted by molar-refractivity contribution is -0.126. The standard InChI is InChI=1S/C13H19NO3/c1-2-8-17-10-13(16)14-12(9-15)11-6-4-3-5-7-11/h3-7,12,15H,2,8-10H2,1H3,(H,14,16)/t12-/m0/s1. The summed E-state index contributed by atoms with van der Waals surface area (Å²) in [7, 11) is 0. The van der Waals surface area contributed by atoms with Crippen LogP contribution >= 0.6 is 0 Å². The molecule has 0 saturated heterocycles. The first-order valence-electron chi connectivity index (χ1n) is 5.80. The molecule has 0 radical (unpaired) electrons. The van der Waals surface area contributed by atoms with E-state index < -0.39 is 0 Å². The summed E-state index contributed by atoms with van der Waals surface area (Å²) in [6, 6.07) is 9.01. The van der Waals surface area contributed by atoms with Crippen molar-refractivity contribution in [3.63, 3.8) is 0 Å². The Kier molecular flexibility index (Phi) is 6.29. The second-order valence-electron chi connectivity index (χ2n) is 3.77. The van der Waals surface area contributed by atoms with Gasteiger partial charge in [-0.25, -0.2) is 0 Å². The van der Waals surface area contributed by atoms with E-state index in [9.17, 15) is 9.90 Å². The van der Waals surface area contributed by atoms with Crippen LogP contribution in [0.2, 0.25) is 0 Å². The molecule has 94 valence electrons. The fourth-order valence-corrected chi connectivity index (χ4v) is 1.46. The van der Waals surface area contributed by atoms with Crippen LogP contribution in [0.5, 0.6) is 0 Å². The summed E-state index contributed by atoms with van der Waals surface area (Å²) in [4.78, 5) is 11.5. The van der Waals surface area contributed by atoms with Crippen molar-refractivity contribution < 1.29 is 14.6 Å². The van der Waals surface area contributed by atoms with E-state index in [-0.39, 0.29) is 25.2 Å². The zero-order valence-corrected chi connectivity index (χ0v) is 10.1. The van der Waals surface area contributed by atoms with Gasteiger partial charge in [-0.1, -0.05) is 37.3 Å². The van der Waals surface area contributed by atoms with Crippen molar-refractivity contribution in [2.45, 2.75) is 19.4 Å². The molecule has 0 heterocycles. The number of rotatable bonds is 7. The molecule has 4 heteroatoms. The first-order chi connectivity index (χ1) is 8.27. The Balaban J connectivity index is 2.44. The first-order valence-corrected chi connectivity index (χ1v) is 5.80. The van der Waals surface area contributed by atoms with Crippen LogP contribution in [-0.4, -0.2) is 30.8 Å². The number of aliphatic hydroxyl groups excluding tert-OH is 1. The van der Waals surface area contributed by atoms with Gasteiger partial charge >= 0.3 is 0 Å². The molecular formula is C13H19NO3. The SMILES string of the molecule is CCCOCC(=O)N[C@@H](CO)c1ccccc1. The molecule has 1 amide bonds. The minimum absolute atomic E-state index is 0.0389. The largest absolute Gasteiger partial charge is 0.394 e. The minimum Gasteiger partial charge on any atom is -0.394 e. The highest BCUT2D eigenvalue weighted by Gasteiger charge is 2.12. The maximum Gasteiger partial charge on any atom is 0.246 e. The molecule has 1 aromatic carbocycles. The van der Waals surface area contributed by atoms with Crippen LogP contribution < -0.4 is 5.32 Å². The summed E-state index contributed by atoms with van der Waals surface area (Å²) >= 11 is 0. The lowest BCUT2D eigenvalue weighted by Gasteiger charge is -2.16. The first kappa shape index (κ1) is 13.7. The van der Waals surface area contributed by atoms with Crippen molar-refractivity contribution in [1.29, 1.82) is 0 Å². The third-order valence-electron chi connectivity index (χ3n) is 2.30. The Morgan fingerprint density at radius 3 is 2.71 bits per heavy atom. The van der Waals surface area contributed by atoms with Gasteiger partial charge < -0.3 is 15.2 Å². The van der Waals surface area contributed by atoms with Gasteiger partial charge in [0.1, 0.15) is 6.61 Å². The molecular weight excluding hydrogens is 218 g/mol. The zero-order chi connectivity index (χ0) is 12.5. The van der Waals surface area contributed by atoms with Crippen molar-refractivity contribution in [2.75, 3.05) is 19.8 Å². The predicted molar refractivity (Wildman–Crippen MR) is 65.5 cm³/mol. The third-order valence-corrected chi connectivity index (χ3v) is 2.30. The summed E-state index contributed by atoms with van der Waals surface area (Å²) in [5, 5.41) is 12.0. The number of carbonyl (C=O) groups excluding carboxylic acids is 1. The van der Waals surface area contributed by atoms with Crippen LogP contribution in [0.3, 0.4) is 0 Å². The van der Waals surface area contributed by atoms with Crippen molar-refractivity contribution in [2.24, 2.45) is 0 Å². The van der Waals surface area contributed by atoms with Crippen LogP contribution in [0.15, 0.2) is 30.3 Å². The maximum absolute atomic E-state index is 11.5. The second kappa shape index (κ2) is 7.81. The molecule has 1 aromatic rings. The van der Waals surface area contributed by atoms with E-state index >= 15 is 0 Å².